The highest BCUT2D eigenvalue weighted by atomic mass is 16.5. The zero-order valence-corrected chi connectivity index (χ0v) is 37.7. The average molecular weight is 778 g/mol. The van der Waals surface area contributed by atoms with Crippen LogP contribution in [0, 0.1) is 10.8 Å². The normalized spacial score (nSPS) is 13.9. The minimum absolute atomic E-state index is 0.0181. The smallest absolute Gasteiger partial charge is 0.306 e. The number of rotatable bonds is 42. The van der Waals surface area contributed by atoms with Gasteiger partial charge in [-0.1, -0.05) is 157 Å². The number of ether oxygens (including phenoxy) is 2. The van der Waals surface area contributed by atoms with Crippen LogP contribution >= 0.6 is 0 Å². The first kappa shape index (κ1) is 51.9. The van der Waals surface area contributed by atoms with Gasteiger partial charge in [-0.25, -0.2) is 0 Å². The first-order valence-corrected chi connectivity index (χ1v) is 24.4. The number of unbranched alkanes of at least 4 members (excludes halogenated alkanes) is 19. The molecule has 55 heavy (non-hydrogen) atoms. The first-order chi connectivity index (χ1) is 26.7. The van der Waals surface area contributed by atoms with Gasteiger partial charge in [-0.3, -0.25) is 9.59 Å². The largest absolute Gasteiger partial charge is 0.465 e. The van der Waals surface area contributed by atoms with Gasteiger partial charge in [-0.15, -0.1) is 0 Å². The Morgan fingerprint density at radius 3 is 1.64 bits per heavy atom. The lowest BCUT2D eigenvalue weighted by atomic mass is 9.88. The molecule has 0 atom stereocenters. The summed E-state index contributed by atoms with van der Waals surface area (Å²) >= 11 is 0. The second-order valence-electron chi connectivity index (χ2n) is 18.6. The molecule has 1 N–H and O–H groups in total. The van der Waals surface area contributed by atoms with E-state index in [0.717, 1.165) is 77.4 Å². The number of aliphatic hydroxyl groups is 1. The zero-order chi connectivity index (χ0) is 40.3. The molecule has 0 bridgehead atoms. The zero-order valence-electron chi connectivity index (χ0n) is 37.7. The van der Waals surface area contributed by atoms with Crippen molar-refractivity contribution < 1.29 is 24.2 Å². The molecule has 0 saturated heterocycles. The third-order valence-electron chi connectivity index (χ3n) is 12.4. The fraction of sp³-hybridized carbons (Fsp3) is 0.959. The van der Waals surface area contributed by atoms with Gasteiger partial charge in [0.05, 0.1) is 6.61 Å². The van der Waals surface area contributed by atoms with Crippen LogP contribution in [0.5, 0.6) is 0 Å². The third kappa shape index (κ3) is 31.5. The summed E-state index contributed by atoms with van der Waals surface area (Å²) in [6, 6.07) is 0. The minimum atomic E-state index is -0.0293. The van der Waals surface area contributed by atoms with Crippen LogP contribution < -0.4 is 0 Å². The molecule has 1 aliphatic carbocycles. The Labute approximate surface area is 342 Å². The molecule has 0 aliphatic heterocycles. The SMILES string of the molecule is CCCCCCCCCC(=O)OCC(C)(C)CCCCCN(CCCO)CCC1(CCCCC(=O)OC(CCCCCCCC)CCCCCCCC)CC1. The van der Waals surface area contributed by atoms with Crippen molar-refractivity contribution in [3.8, 4) is 0 Å². The van der Waals surface area contributed by atoms with Crippen LogP contribution in [0.2, 0.25) is 0 Å². The lowest BCUT2D eigenvalue weighted by Gasteiger charge is -2.26. The Morgan fingerprint density at radius 1 is 0.582 bits per heavy atom. The van der Waals surface area contributed by atoms with E-state index in [1.54, 1.807) is 0 Å². The summed E-state index contributed by atoms with van der Waals surface area (Å²) < 4.78 is 11.8. The highest BCUT2D eigenvalue weighted by Gasteiger charge is 2.41. The molecular weight excluding hydrogens is 683 g/mol. The van der Waals surface area contributed by atoms with Crippen molar-refractivity contribution in [2.75, 3.05) is 32.8 Å². The van der Waals surface area contributed by atoms with E-state index >= 15 is 0 Å². The van der Waals surface area contributed by atoms with Gasteiger partial charge in [0, 0.05) is 26.0 Å². The maximum Gasteiger partial charge on any atom is 0.306 e. The second kappa shape index (κ2) is 34.9. The van der Waals surface area contributed by atoms with E-state index in [0.29, 0.717) is 24.9 Å². The molecule has 6 nitrogen and oxygen atoms in total. The van der Waals surface area contributed by atoms with Crippen molar-refractivity contribution >= 4 is 11.9 Å². The van der Waals surface area contributed by atoms with Crippen molar-refractivity contribution in [2.24, 2.45) is 10.8 Å². The summed E-state index contributed by atoms with van der Waals surface area (Å²) in [5.74, 6) is 0.00334. The van der Waals surface area contributed by atoms with Crippen LogP contribution in [0.15, 0.2) is 0 Å². The van der Waals surface area contributed by atoms with Crippen LogP contribution in [0.3, 0.4) is 0 Å². The van der Waals surface area contributed by atoms with Crippen molar-refractivity contribution in [1.82, 2.24) is 4.90 Å². The monoisotopic (exact) mass is 778 g/mol. The molecule has 0 amide bonds. The Balaban J connectivity index is 2.31. The lowest BCUT2D eigenvalue weighted by Crippen LogP contribution is -2.29. The third-order valence-corrected chi connectivity index (χ3v) is 12.4. The molecule has 1 fully saturated rings. The molecule has 1 saturated carbocycles. The molecule has 1 aliphatic rings. The highest BCUT2D eigenvalue weighted by molar-refractivity contribution is 5.69. The fourth-order valence-electron chi connectivity index (χ4n) is 8.17. The Kier molecular flexibility index (Phi) is 32.9. The molecule has 0 aromatic rings. The Morgan fingerprint density at radius 2 is 1.07 bits per heavy atom. The number of hydrogen-bond donors (Lipinski definition) is 1. The number of hydrogen-bond acceptors (Lipinski definition) is 6. The van der Waals surface area contributed by atoms with E-state index in [4.69, 9.17) is 9.47 Å². The van der Waals surface area contributed by atoms with Crippen molar-refractivity contribution in [1.29, 1.82) is 0 Å². The number of carbonyl (C=O) groups excluding carboxylic acids is 2. The van der Waals surface area contributed by atoms with E-state index in [-0.39, 0.29) is 30.1 Å². The average Bonchev–Trinajstić information content (AvgIpc) is 3.95. The summed E-state index contributed by atoms with van der Waals surface area (Å²) in [5.41, 5.74) is 0.486. The quantitative estimate of drug-likeness (QED) is 0.0491. The molecule has 0 heterocycles. The van der Waals surface area contributed by atoms with Gasteiger partial charge in [-0.2, -0.15) is 0 Å². The summed E-state index contributed by atoms with van der Waals surface area (Å²) in [5, 5.41) is 9.55. The predicted molar refractivity (Wildman–Crippen MR) is 235 cm³/mol. The summed E-state index contributed by atoms with van der Waals surface area (Å²) in [7, 11) is 0. The van der Waals surface area contributed by atoms with Crippen molar-refractivity contribution in [2.45, 2.75) is 259 Å². The maximum absolute atomic E-state index is 12.9. The van der Waals surface area contributed by atoms with Crippen molar-refractivity contribution in [3.05, 3.63) is 0 Å². The number of carbonyl (C=O) groups is 2. The molecular formula is C49H95NO5. The van der Waals surface area contributed by atoms with E-state index in [9.17, 15) is 14.7 Å². The molecule has 1 rings (SSSR count). The van der Waals surface area contributed by atoms with Gasteiger partial charge in [0.25, 0.3) is 0 Å². The first-order valence-electron chi connectivity index (χ1n) is 24.4. The van der Waals surface area contributed by atoms with Crippen LogP contribution in [0.1, 0.15) is 253 Å². The summed E-state index contributed by atoms with van der Waals surface area (Å²) in [6.07, 6.45) is 39.9. The van der Waals surface area contributed by atoms with E-state index in [1.165, 1.54) is 148 Å². The highest BCUT2D eigenvalue weighted by Crippen LogP contribution is 2.53. The van der Waals surface area contributed by atoms with Crippen LogP contribution in [-0.4, -0.2) is 60.9 Å². The van der Waals surface area contributed by atoms with Crippen molar-refractivity contribution in [3.63, 3.8) is 0 Å². The number of nitrogens with zero attached hydrogens (tertiary/aromatic N) is 1. The second-order valence-corrected chi connectivity index (χ2v) is 18.6. The van der Waals surface area contributed by atoms with E-state index in [2.05, 4.69) is 39.5 Å². The van der Waals surface area contributed by atoms with E-state index < -0.39 is 0 Å². The van der Waals surface area contributed by atoms with Gasteiger partial charge < -0.3 is 19.5 Å². The Hall–Kier alpha value is -1.14. The number of esters is 2. The molecule has 0 radical (unpaired) electrons. The van der Waals surface area contributed by atoms with Gasteiger partial charge in [0.15, 0.2) is 0 Å². The lowest BCUT2D eigenvalue weighted by molar-refractivity contribution is -0.150. The minimum Gasteiger partial charge on any atom is -0.465 e. The molecule has 326 valence electrons. The van der Waals surface area contributed by atoms with Gasteiger partial charge in [-0.05, 0) is 107 Å². The molecule has 0 aromatic heterocycles. The standard InChI is InChI=1S/C49H95NO5/c1-6-9-12-15-18-21-25-33-46(52)54-44-48(4,5)35-27-22-29-40-50(41-30-43-51)42-39-49(37-38-49)36-28-26-34-47(53)55-45(31-23-19-16-13-10-7-2)32-24-20-17-14-11-8-3/h45,51H,6-44H2,1-5H3. The summed E-state index contributed by atoms with van der Waals surface area (Å²) in [6.45, 7) is 15.2. The fourth-order valence-corrected chi connectivity index (χ4v) is 8.17. The topological polar surface area (TPSA) is 76.1 Å². The molecule has 0 aromatic carbocycles. The Bertz CT molecular complexity index is 871. The molecule has 0 spiro atoms. The van der Waals surface area contributed by atoms with Crippen LogP contribution in [-0.2, 0) is 19.1 Å². The van der Waals surface area contributed by atoms with Crippen LogP contribution in [0.25, 0.3) is 0 Å². The maximum atomic E-state index is 12.9. The van der Waals surface area contributed by atoms with Gasteiger partial charge in [0.1, 0.15) is 6.10 Å². The van der Waals surface area contributed by atoms with Crippen LogP contribution in [0.4, 0.5) is 0 Å². The molecule has 0 unspecified atom stereocenters. The van der Waals surface area contributed by atoms with E-state index in [1.807, 2.05) is 0 Å². The van der Waals surface area contributed by atoms with Gasteiger partial charge in [0.2, 0.25) is 0 Å². The summed E-state index contributed by atoms with van der Waals surface area (Å²) in [4.78, 5) is 27.8. The molecule has 6 heteroatoms. The predicted octanol–water partition coefficient (Wildman–Crippen LogP) is 14.1. The number of aliphatic hydroxyl groups excluding tert-OH is 1. The van der Waals surface area contributed by atoms with Gasteiger partial charge >= 0.3 is 11.9 Å².